The lowest BCUT2D eigenvalue weighted by molar-refractivity contribution is -0.116. The number of methoxy groups -OCH3 is 1. The molecule has 0 aliphatic heterocycles. The van der Waals surface area contributed by atoms with Crippen molar-refractivity contribution >= 4 is 23.2 Å². The number of amides is 1. The van der Waals surface area contributed by atoms with Crippen LogP contribution in [-0.2, 0) is 11.2 Å². The fourth-order valence-corrected chi connectivity index (χ4v) is 3.12. The molecule has 7 nitrogen and oxygen atoms in total. The summed E-state index contributed by atoms with van der Waals surface area (Å²) in [5, 5.41) is 7.31. The first-order valence-corrected chi connectivity index (χ1v) is 10.3. The van der Waals surface area contributed by atoms with E-state index >= 15 is 0 Å². The number of rotatable bonds is 8. The predicted octanol–water partition coefficient (Wildman–Crippen LogP) is 5.76. The van der Waals surface area contributed by atoms with E-state index in [0.717, 1.165) is 11.3 Å². The molecule has 8 heteroatoms. The molecule has 162 valence electrons. The van der Waals surface area contributed by atoms with Gasteiger partial charge in [0.25, 0.3) is 0 Å². The lowest BCUT2D eigenvalue weighted by Gasteiger charge is -2.12. The zero-order valence-electron chi connectivity index (χ0n) is 17.2. The van der Waals surface area contributed by atoms with Crippen LogP contribution in [0.4, 0.5) is 5.69 Å². The molecule has 0 aliphatic rings. The van der Waals surface area contributed by atoms with Crippen molar-refractivity contribution in [1.82, 2.24) is 10.1 Å². The molecule has 4 aromatic rings. The van der Waals surface area contributed by atoms with Crippen LogP contribution in [0.1, 0.15) is 12.3 Å². The highest BCUT2D eigenvalue weighted by molar-refractivity contribution is 6.31. The van der Waals surface area contributed by atoms with Gasteiger partial charge in [0.15, 0.2) is 5.75 Å². The Balaban J connectivity index is 1.38. The second-order valence-electron chi connectivity index (χ2n) is 6.84. The third-order valence-electron chi connectivity index (χ3n) is 4.57. The Kier molecular flexibility index (Phi) is 6.67. The molecule has 1 N–H and O–H groups in total. The summed E-state index contributed by atoms with van der Waals surface area (Å²) in [5.41, 5.74) is 1.28. The molecule has 0 spiro atoms. The second kappa shape index (κ2) is 9.98. The van der Waals surface area contributed by atoms with Crippen molar-refractivity contribution in [2.24, 2.45) is 0 Å². The molecule has 0 bridgehead atoms. The zero-order valence-corrected chi connectivity index (χ0v) is 18.0. The first-order chi connectivity index (χ1) is 15.6. The van der Waals surface area contributed by atoms with Gasteiger partial charge >= 0.3 is 0 Å². The van der Waals surface area contributed by atoms with Crippen LogP contribution in [0.2, 0.25) is 5.02 Å². The van der Waals surface area contributed by atoms with Gasteiger partial charge in [-0.1, -0.05) is 35.0 Å². The molecule has 1 amide bonds. The Bertz CT molecular complexity index is 1190. The van der Waals surface area contributed by atoms with E-state index in [9.17, 15) is 4.79 Å². The van der Waals surface area contributed by atoms with E-state index in [1.807, 2.05) is 54.6 Å². The van der Waals surface area contributed by atoms with E-state index in [1.54, 1.807) is 25.3 Å². The van der Waals surface area contributed by atoms with Crippen LogP contribution in [0.25, 0.3) is 11.4 Å². The highest BCUT2D eigenvalue weighted by Crippen LogP contribution is 2.32. The van der Waals surface area contributed by atoms with Crippen molar-refractivity contribution in [3.63, 3.8) is 0 Å². The molecule has 0 atom stereocenters. The van der Waals surface area contributed by atoms with Crippen molar-refractivity contribution in [3.8, 4) is 28.6 Å². The quantitative estimate of drug-likeness (QED) is 0.368. The Morgan fingerprint density at radius 3 is 2.56 bits per heavy atom. The summed E-state index contributed by atoms with van der Waals surface area (Å²) in [4.78, 5) is 16.9. The molecule has 0 aliphatic carbocycles. The fourth-order valence-electron chi connectivity index (χ4n) is 2.95. The normalized spacial score (nSPS) is 10.6. The number of aromatic nitrogens is 2. The van der Waals surface area contributed by atoms with Gasteiger partial charge in [0.2, 0.25) is 17.6 Å². The van der Waals surface area contributed by atoms with Crippen LogP contribution in [0.15, 0.2) is 77.3 Å². The maximum atomic E-state index is 12.5. The number of para-hydroxylation sites is 1. The van der Waals surface area contributed by atoms with Crippen molar-refractivity contribution < 1.29 is 18.8 Å². The van der Waals surface area contributed by atoms with E-state index < -0.39 is 0 Å². The zero-order chi connectivity index (χ0) is 22.3. The third-order valence-corrected chi connectivity index (χ3v) is 4.80. The van der Waals surface area contributed by atoms with Crippen molar-refractivity contribution in [2.75, 3.05) is 12.4 Å². The van der Waals surface area contributed by atoms with Crippen LogP contribution < -0.4 is 14.8 Å². The minimum Gasteiger partial charge on any atom is -0.497 e. The summed E-state index contributed by atoms with van der Waals surface area (Å²) in [6, 6.07) is 21.7. The maximum Gasteiger partial charge on any atom is 0.227 e. The number of carbonyl (C=O) groups is 1. The summed E-state index contributed by atoms with van der Waals surface area (Å²) >= 11 is 6.11. The van der Waals surface area contributed by atoms with Crippen LogP contribution in [0, 0.1) is 0 Å². The van der Waals surface area contributed by atoms with Gasteiger partial charge in [-0.2, -0.15) is 4.98 Å². The Morgan fingerprint density at radius 1 is 1.03 bits per heavy atom. The Morgan fingerprint density at radius 2 is 1.81 bits per heavy atom. The molecule has 1 heterocycles. The summed E-state index contributed by atoms with van der Waals surface area (Å²) in [6.07, 6.45) is 0.450. The Labute approximate surface area is 189 Å². The summed E-state index contributed by atoms with van der Waals surface area (Å²) in [5.74, 6) is 2.49. The number of nitrogens with one attached hydrogen (secondary N) is 1. The lowest BCUT2D eigenvalue weighted by Crippen LogP contribution is -2.13. The molecule has 0 unspecified atom stereocenters. The van der Waals surface area contributed by atoms with Crippen LogP contribution in [0.5, 0.6) is 17.2 Å². The molecular formula is C24H20ClN3O4. The molecule has 0 saturated carbocycles. The lowest BCUT2D eigenvalue weighted by atomic mass is 10.2. The van der Waals surface area contributed by atoms with Crippen LogP contribution in [0.3, 0.4) is 0 Å². The predicted molar refractivity (Wildman–Crippen MR) is 121 cm³/mol. The number of hydrogen-bond acceptors (Lipinski definition) is 6. The number of anilines is 1. The molecule has 1 aromatic heterocycles. The van der Waals surface area contributed by atoms with Gasteiger partial charge < -0.3 is 19.3 Å². The van der Waals surface area contributed by atoms with Gasteiger partial charge in [0.05, 0.1) is 12.8 Å². The average molecular weight is 450 g/mol. The summed E-state index contributed by atoms with van der Waals surface area (Å²) < 4.78 is 16.3. The number of benzene rings is 3. The topological polar surface area (TPSA) is 86.5 Å². The van der Waals surface area contributed by atoms with Crippen LogP contribution >= 0.6 is 11.6 Å². The molecule has 0 saturated heterocycles. The smallest absolute Gasteiger partial charge is 0.227 e. The number of nitrogens with zero attached hydrogens (tertiary/aromatic N) is 2. The van der Waals surface area contributed by atoms with Crippen molar-refractivity contribution in [1.29, 1.82) is 0 Å². The largest absolute Gasteiger partial charge is 0.497 e. The summed E-state index contributed by atoms with van der Waals surface area (Å²) in [7, 11) is 1.60. The average Bonchev–Trinajstić information content (AvgIpc) is 3.29. The van der Waals surface area contributed by atoms with Gasteiger partial charge in [-0.25, -0.2) is 0 Å². The highest BCUT2D eigenvalue weighted by Gasteiger charge is 2.13. The number of aryl methyl sites for hydroxylation is 1. The minimum absolute atomic E-state index is 0.154. The SMILES string of the molecule is COc1ccc(-c2noc(CCC(=O)Nc3cc(Cl)ccc3Oc3ccccc3)n2)cc1. The molecular weight excluding hydrogens is 430 g/mol. The summed E-state index contributed by atoms with van der Waals surface area (Å²) in [6.45, 7) is 0. The number of hydrogen-bond donors (Lipinski definition) is 1. The van der Waals surface area contributed by atoms with E-state index in [1.165, 1.54) is 0 Å². The van der Waals surface area contributed by atoms with E-state index in [2.05, 4.69) is 15.5 Å². The first kappa shape index (κ1) is 21.4. The third kappa shape index (κ3) is 5.44. The minimum atomic E-state index is -0.227. The Hall–Kier alpha value is -3.84. The van der Waals surface area contributed by atoms with Crippen molar-refractivity contribution in [2.45, 2.75) is 12.8 Å². The molecule has 0 fully saturated rings. The fraction of sp³-hybridized carbons (Fsp3) is 0.125. The molecule has 0 radical (unpaired) electrons. The standard InChI is InChI=1S/C24H20ClN3O4/c1-30-18-10-7-16(8-11-18)24-27-23(32-28-24)14-13-22(29)26-20-15-17(25)9-12-21(20)31-19-5-3-2-4-6-19/h2-12,15H,13-14H2,1H3,(H,26,29). The van der Waals surface area contributed by atoms with Gasteiger partial charge in [0.1, 0.15) is 11.5 Å². The molecule has 4 rings (SSSR count). The molecule has 3 aromatic carbocycles. The van der Waals surface area contributed by atoms with Crippen molar-refractivity contribution in [3.05, 3.63) is 83.7 Å². The number of halogens is 1. The van der Waals surface area contributed by atoms with Gasteiger partial charge in [-0.15, -0.1) is 0 Å². The van der Waals surface area contributed by atoms with Gasteiger partial charge in [-0.3, -0.25) is 4.79 Å². The van der Waals surface area contributed by atoms with E-state index in [0.29, 0.717) is 40.3 Å². The van der Waals surface area contributed by atoms with Crippen LogP contribution in [-0.4, -0.2) is 23.2 Å². The maximum absolute atomic E-state index is 12.5. The molecule has 32 heavy (non-hydrogen) atoms. The second-order valence-corrected chi connectivity index (χ2v) is 7.28. The number of ether oxygens (including phenoxy) is 2. The highest BCUT2D eigenvalue weighted by atomic mass is 35.5. The number of carbonyl (C=O) groups excluding carboxylic acids is 1. The van der Waals surface area contributed by atoms with E-state index in [-0.39, 0.29) is 12.3 Å². The first-order valence-electron chi connectivity index (χ1n) is 9.90. The van der Waals surface area contributed by atoms with Gasteiger partial charge in [0, 0.05) is 23.4 Å². The van der Waals surface area contributed by atoms with E-state index in [4.69, 9.17) is 25.6 Å². The monoisotopic (exact) mass is 449 g/mol. The van der Waals surface area contributed by atoms with Gasteiger partial charge in [-0.05, 0) is 54.6 Å².